The Morgan fingerprint density at radius 2 is 0.734 bits per heavy atom. The molecule has 64 heavy (non-hydrogen) atoms. The van der Waals surface area contributed by atoms with Crippen molar-refractivity contribution in [2.75, 3.05) is 0 Å². The summed E-state index contributed by atoms with van der Waals surface area (Å²) in [5.74, 6) is 1.84. The van der Waals surface area contributed by atoms with Crippen molar-refractivity contribution in [3.8, 4) is 67.8 Å². The molecule has 0 atom stereocenters. The summed E-state index contributed by atoms with van der Waals surface area (Å²) < 4.78 is 4.78. The fraction of sp³-hybridized carbons (Fsp3) is 0.0339. The molecule has 302 valence electrons. The molecule has 0 radical (unpaired) electrons. The van der Waals surface area contributed by atoms with E-state index in [1.54, 1.807) is 0 Å². The molecule has 5 nitrogen and oxygen atoms in total. The molecule has 0 saturated carbocycles. The van der Waals surface area contributed by atoms with Crippen molar-refractivity contribution in [3.63, 3.8) is 0 Å². The Morgan fingerprint density at radius 1 is 0.297 bits per heavy atom. The first-order valence-corrected chi connectivity index (χ1v) is 21.8. The van der Waals surface area contributed by atoms with Gasteiger partial charge in [0.2, 0.25) is 0 Å². The van der Waals surface area contributed by atoms with Gasteiger partial charge in [0.05, 0.1) is 27.8 Å². The Balaban J connectivity index is 1.15. The molecule has 0 bridgehead atoms. The molecule has 0 saturated heterocycles. The number of hydrogen-bond donors (Lipinski definition) is 0. The lowest BCUT2D eigenvalue weighted by Gasteiger charge is -2.17. The predicted octanol–water partition coefficient (Wildman–Crippen LogP) is 15.0. The van der Waals surface area contributed by atoms with E-state index in [0.717, 1.165) is 55.7 Å². The van der Waals surface area contributed by atoms with Gasteiger partial charge in [-0.1, -0.05) is 175 Å². The van der Waals surface area contributed by atoms with Crippen molar-refractivity contribution in [2.45, 2.75) is 13.8 Å². The quantitative estimate of drug-likeness (QED) is 0.161. The number of aromatic nitrogens is 5. The van der Waals surface area contributed by atoms with Crippen molar-refractivity contribution in [3.05, 3.63) is 223 Å². The van der Waals surface area contributed by atoms with E-state index in [2.05, 4.69) is 199 Å². The maximum atomic E-state index is 5.34. The van der Waals surface area contributed by atoms with Crippen LogP contribution in [0.15, 0.2) is 212 Å². The highest BCUT2D eigenvalue weighted by Crippen LogP contribution is 2.41. The second kappa shape index (κ2) is 15.2. The minimum atomic E-state index is 0.598. The third kappa shape index (κ3) is 6.37. The van der Waals surface area contributed by atoms with Crippen LogP contribution in [0.3, 0.4) is 0 Å². The fourth-order valence-electron chi connectivity index (χ4n) is 9.58. The maximum absolute atomic E-state index is 5.34. The molecule has 0 spiro atoms. The minimum Gasteiger partial charge on any atom is -0.309 e. The zero-order valence-electron chi connectivity index (χ0n) is 35.4. The van der Waals surface area contributed by atoms with Gasteiger partial charge in [-0.15, -0.1) is 0 Å². The largest absolute Gasteiger partial charge is 0.309 e. The normalized spacial score (nSPS) is 11.6. The number of benzene rings is 9. The molecule has 12 aromatic rings. The van der Waals surface area contributed by atoms with Gasteiger partial charge in [-0.2, -0.15) is 0 Å². The van der Waals surface area contributed by atoms with Crippen LogP contribution in [-0.2, 0) is 0 Å². The van der Waals surface area contributed by atoms with Gasteiger partial charge in [0.25, 0.3) is 0 Å². The molecular formula is C59H41N5. The standard InChI is InChI=1S/C59H41N5/c1-38-32-39(2)34-45(33-38)44-27-30-50-48-23-13-15-25-53(48)64(56(50)37-44)54-31-28-42(43-26-29-49-47-22-12-14-24-52(47)63(55(49)36-43)46-20-10-5-11-21-46)35-51(54)59-61-57(40-16-6-3-7-17-40)60-58(62-59)41-18-8-4-9-19-41/h3-37H,1-2H3. The predicted molar refractivity (Wildman–Crippen MR) is 265 cm³/mol. The van der Waals surface area contributed by atoms with Crippen LogP contribution in [0.25, 0.3) is 111 Å². The van der Waals surface area contributed by atoms with Crippen LogP contribution in [0.4, 0.5) is 0 Å². The van der Waals surface area contributed by atoms with Crippen molar-refractivity contribution in [1.82, 2.24) is 24.1 Å². The average molecular weight is 820 g/mol. The first kappa shape index (κ1) is 37.4. The van der Waals surface area contributed by atoms with Crippen LogP contribution < -0.4 is 0 Å². The lowest BCUT2D eigenvalue weighted by molar-refractivity contribution is 1.06. The highest BCUT2D eigenvalue weighted by molar-refractivity contribution is 6.12. The van der Waals surface area contributed by atoms with Gasteiger partial charge in [0.15, 0.2) is 17.5 Å². The summed E-state index contributed by atoms with van der Waals surface area (Å²) >= 11 is 0. The van der Waals surface area contributed by atoms with Crippen molar-refractivity contribution >= 4 is 43.6 Å². The van der Waals surface area contributed by atoms with E-state index < -0.39 is 0 Å². The first-order chi connectivity index (χ1) is 31.5. The molecule has 12 rings (SSSR count). The summed E-state index contributed by atoms with van der Waals surface area (Å²) in [7, 11) is 0. The second-order valence-electron chi connectivity index (χ2n) is 16.7. The zero-order valence-corrected chi connectivity index (χ0v) is 35.4. The summed E-state index contributed by atoms with van der Waals surface area (Å²) in [5.41, 5.74) is 16.4. The summed E-state index contributed by atoms with van der Waals surface area (Å²) in [6, 6.07) is 75.7. The summed E-state index contributed by atoms with van der Waals surface area (Å²) in [4.78, 5) is 15.8. The minimum absolute atomic E-state index is 0.598. The summed E-state index contributed by atoms with van der Waals surface area (Å²) in [6.07, 6.45) is 0. The van der Waals surface area contributed by atoms with E-state index in [-0.39, 0.29) is 0 Å². The molecular weight excluding hydrogens is 779 g/mol. The van der Waals surface area contributed by atoms with E-state index >= 15 is 0 Å². The molecule has 0 amide bonds. The monoisotopic (exact) mass is 819 g/mol. The van der Waals surface area contributed by atoms with E-state index in [1.165, 1.54) is 49.3 Å². The molecule has 0 N–H and O–H groups in total. The number of para-hydroxylation sites is 3. The Morgan fingerprint density at radius 3 is 1.33 bits per heavy atom. The van der Waals surface area contributed by atoms with E-state index in [1.807, 2.05) is 36.4 Å². The summed E-state index contributed by atoms with van der Waals surface area (Å²) in [6.45, 7) is 4.34. The third-order valence-corrected chi connectivity index (χ3v) is 12.4. The highest BCUT2D eigenvalue weighted by atomic mass is 15.1. The van der Waals surface area contributed by atoms with Gasteiger partial charge >= 0.3 is 0 Å². The van der Waals surface area contributed by atoms with E-state index in [0.29, 0.717) is 17.5 Å². The van der Waals surface area contributed by atoms with Gasteiger partial charge in [0, 0.05) is 43.9 Å². The van der Waals surface area contributed by atoms with E-state index in [4.69, 9.17) is 15.0 Å². The number of nitrogens with zero attached hydrogens (tertiary/aromatic N) is 5. The third-order valence-electron chi connectivity index (χ3n) is 12.4. The Kier molecular flexibility index (Phi) is 8.87. The van der Waals surface area contributed by atoms with Crippen LogP contribution >= 0.6 is 0 Å². The van der Waals surface area contributed by atoms with Crippen molar-refractivity contribution in [1.29, 1.82) is 0 Å². The Labute approximate surface area is 371 Å². The second-order valence-corrected chi connectivity index (χ2v) is 16.7. The first-order valence-electron chi connectivity index (χ1n) is 21.8. The van der Waals surface area contributed by atoms with Crippen LogP contribution in [0, 0.1) is 13.8 Å². The molecule has 3 aromatic heterocycles. The SMILES string of the molecule is Cc1cc(C)cc(-c2ccc3c4ccccc4n(-c4ccc(-c5ccc6c7ccccc7n(-c7ccccc7)c6c5)cc4-c4nc(-c5ccccc5)nc(-c5ccccc5)n4)c3c2)c1. The molecule has 5 heteroatoms. The summed E-state index contributed by atoms with van der Waals surface area (Å²) in [5, 5.41) is 4.80. The van der Waals surface area contributed by atoms with Gasteiger partial charge in [-0.25, -0.2) is 15.0 Å². The fourth-order valence-corrected chi connectivity index (χ4v) is 9.58. The topological polar surface area (TPSA) is 48.5 Å². The van der Waals surface area contributed by atoms with Crippen LogP contribution in [0.5, 0.6) is 0 Å². The molecule has 0 fully saturated rings. The molecule has 0 unspecified atom stereocenters. The number of aryl methyl sites for hydroxylation is 2. The Hall–Kier alpha value is -8.41. The molecule has 9 aromatic carbocycles. The van der Waals surface area contributed by atoms with Crippen LogP contribution in [0.1, 0.15) is 11.1 Å². The van der Waals surface area contributed by atoms with Gasteiger partial charge in [0.1, 0.15) is 0 Å². The maximum Gasteiger partial charge on any atom is 0.166 e. The zero-order chi connectivity index (χ0) is 42.7. The van der Waals surface area contributed by atoms with Gasteiger partial charge < -0.3 is 9.13 Å². The number of hydrogen-bond acceptors (Lipinski definition) is 3. The molecule has 3 heterocycles. The molecule has 0 aliphatic rings. The van der Waals surface area contributed by atoms with Gasteiger partial charge in [-0.05, 0) is 84.6 Å². The van der Waals surface area contributed by atoms with Gasteiger partial charge in [-0.3, -0.25) is 0 Å². The lowest BCUT2D eigenvalue weighted by atomic mass is 9.99. The number of fused-ring (bicyclic) bond motifs is 6. The van der Waals surface area contributed by atoms with Crippen molar-refractivity contribution < 1.29 is 0 Å². The molecule has 0 aliphatic heterocycles. The highest BCUT2D eigenvalue weighted by Gasteiger charge is 2.22. The van der Waals surface area contributed by atoms with Crippen molar-refractivity contribution in [2.24, 2.45) is 0 Å². The smallest absolute Gasteiger partial charge is 0.166 e. The average Bonchev–Trinajstić information content (AvgIpc) is 3.86. The molecule has 0 aliphatic carbocycles. The van der Waals surface area contributed by atoms with E-state index in [9.17, 15) is 0 Å². The Bertz CT molecular complexity index is 3660. The van der Waals surface area contributed by atoms with Crippen LogP contribution in [0.2, 0.25) is 0 Å². The lowest BCUT2D eigenvalue weighted by Crippen LogP contribution is -2.04. The van der Waals surface area contributed by atoms with Crippen LogP contribution in [-0.4, -0.2) is 24.1 Å². The number of rotatable bonds is 7.